The summed E-state index contributed by atoms with van der Waals surface area (Å²) in [5.74, 6) is 1.07. The highest BCUT2D eigenvalue weighted by molar-refractivity contribution is 9.11. The van der Waals surface area contributed by atoms with E-state index < -0.39 is 0 Å². The van der Waals surface area contributed by atoms with Crippen LogP contribution in [0.4, 0.5) is 5.82 Å². The second kappa shape index (κ2) is 4.19. The van der Waals surface area contributed by atoms with Gasteiger partial charge in [-0.3, -0.25) is 0 Å². The lowest BCUT2D eigenvalue weighted by Crippen LogP contribution is -2.26. The average Bonchev–Trinajstić information content (AvgIpc) is 2.93. The molecule has 0 radical (unpaired) electrons. The van der Waals surface area contributed by atoms with Crippen LogP contribution in [0.2, 0.25) is 0 Å². The zero-order chi connectivity index (χ0) is 10.1. The maximum Gasteiger partial charge on any atom is 0.143 e. The van der Waals surface area contributed by atoms with Gasteiger partial charge in [0.2, 0.25) is 0 Å². The minimum Gasteiger partial charge on any atom is -0.353 e. The first-order chi connectivity index (χ1) is 6.72. The molecule has 0 amide bonds. The predicted molar refractivity (Wildman–Crippen MR) is 65.7 cm³/mol. The van der Waals surface area contributed by atoms with E-state index in [1.807, 2.05) is 12.3 Å². The lowest BCUT2D eigenvalue weighted by Gasteiger charge is -2.22. The number of hydrogen-bond donors (Lipinski definition) is 0. The van der Waals surface area contributed by atoms with Crippen LogP contribution in [-0.2, 0) is 0 Å². The predicted octanol–water partition coefficient (Wildman–Crippen LogP) is 3.60. The number of anilines is 1. The molecule has 0 N–H and O–H groups in total. The monoisotopic (exact) mass is 318 g/mol. The van der Waals surface area contributed by atoms with Crippen molar-refractivity contribution in [1.29, 1.82) is 0 Å². The highest BCUT2D eigenvalue weighted by Gasteiger charge is 2.29. The molecule has 1 aliphatic carbocycles. The van der Waals surface area contributed by atoms with Gasteiger partial charge in [-0.05, 0) is 57.7 Å². The maximum absolute atomic E-state index is 4.44. The van der Waals surface area contributed by atoms with Crippen molar-refractivity contribution in [2.75, 3.05) is 11.4 Å². The molecule has 1 aromatic heterocycles. The molecule has 0 unspecified atom stereocenters. The normalized spacial score (nSPS) is 15.6. The molecular weight excluding hydrogens is 308 g/mol. The van der Waals surface area contributed by atoms with Crippen LogP contribution in [0, 0.1) is 0 Å². The molecule has 1 aromatic rings. The zero-order valence-electron chi connectivity index (χ0n) is 8.00. The average molecular weight is 320 g/mol. The third-order valence-corrected chi connectivity index (χ3v) is 3.41. The number of halogens is 2. The number of nitrogens with zero attached hydrogens (tertiary/aromatic N) is 2. The lowest BCUT2D eigenvalue weighted by molar-refractivity contribution is 0.805. The third-order valence-electron chi connectivity index (χ3n) is 2.39. The first-order valence-electron chi connectivity index (χ1n) is 4.80. The Labute approximate surface area is 101 Å². The van der Waals surface area contributed by atoms with Gasteiger partial charge in [0.05, 0.1) is 4.47 Å². The van der Waals surface area contributed by atoms with Crippen molar-refractivity contribution < 1.29 is 0 Å². The summed E-state index contributed by atoms with van der Waals surface area (Å²) in [4.78, 5) is 6.80. The van der Waals surface area contributed by atoms with Crippen molar-refractivity contribution in [2.45, 2.75) is 25.8 Å². The molecule has 0 saturated heterocycles. The minimum absolute atomic E-state index is 0.713. The summed E-state index contributed by atoms with van der Waals surface area (Å²) in [6.45, 7) is 3.20. The Kier molecular flexibility index (Phi) is 3.12. The summed E-state index contributed by atoms with van der Waals surface area (Å²) in [5, 5.41) is 0. The van der Waals surface area contributed by atoms with Gasteiger partial charge in [0.15, 0.2) is 0 Å². The van der Waals surface area contributed by atoms with Gasteiger partial charge in [0.1, 0.15) is 5.82 Å². The van der Waals surface area contributed by atoms with Crippen molar-refractivity contribution in [1.82, 2.24) is 4.98 Å². The molecule has 0 aromatic carbocycles. The van der Waals surface area contributed by atoms with Gasteiger partial charge >= 0.3 is 0 Å². The van der Waals surface area contributed by atoms with Gasteiger partial charge in [0, 0.05) is 23.3 Å². The van der Waals surface area contributed by atoms with Crippen molar-refractivity contribution in [3.8, 4) is 0 Å². The summed E-state index contributed by atoms with van der Waals surface area (Å²) < 4.78 is 2.08. The summed E-state index contributed by atoms with van der Waals surface area (Å²) in [7, 11) is 0. The first kappa shape index (κ1) is 10.4. The van der Waals surface area contributed by atoms with E-state index in [9.17, 15) is 0 Å². The highest BCUT2D eigenvalue weighted by Crippen LogP contribution is 2.34. The molecule has 1 fully saturated rings. The van der Waals surface area contributed by atoms with Crippen LogP contribution in [0.1, 0.15) is 19.8 Å². The van der Waals surface area contributed by atoms with E-state index in [0.29, 0.717) is 6.04 Å². The molecule has 4 heteroatoms. The van der Waals surface area contributed by atoms with Crippen molar-refractivity contribution in [3.63, 3.8) is 0 Å². The number of pyridine rings is 1. The quantitative estimate of drug-likeness (QED) is 0.846. The second-order valence-electron chi connectivity index (χ2n) is 3.48. The Hall–Kier alpha value is -0.0900. The van der Waals surface area contributed by atoms with Crippen molar-refractivity contribution >= 4 is 37.7 Å². The molecular formula is C10H12Br2N2. The molecule has 0 bridgehead atoms. The van der Waals surface area contributed by atoms with Crippen LogP contribution in [0.3, 0.4) is 0 Å². The van der Waals surface area contributed by atoms with E-state index in [1.54, 1.807) is 0 Å². The summed E-state index contributed by atoms with van der Waals surface area (Å²) in [5.41, 5.74) is 0. The zero-order valence-corrected chi connectivity index (χ0v) is 11.2. The van der Waals surface area contributed by atoms with Gasteiger partial charge in [0.25, 0.3) is 0 Å². The molecule has 0 spiro atoms. The maximum atomic E-state index is 4.44. The van der Waals surface area contributed by atoms with Gasteiger partial charge in [-0.15, -0.1) is 0 Å². The van der Waals surface area contributed by atoms with Crippen LogP contribution in [0.25, 0.3) is 0 Å². The standard InChI is InChI=1S/C10H12Br2N2/c1-2-14(8-3-4-8)10-9(12)5-7(11)6-13-10/h5-6,8H,2-4H2,1H3. The Balaban J connectivity index is 2.29. The minimum atomic E-state index is 0.713. The van der Waals surface area contributed by atoms with Gasteiger partial charge < -0.3 is 4.90 Å². The molecule has 76 valence electrons. The van der Waals surface area contributed by atoms with Gasteiger partial charge in [-0.1, -0.05) is 0 Å². The molecule has 0 aliphatic heterocycles. The first-order valence-corrected chi connectivity index (χ1v) is 6.38. The van der Waals surface area contributed by atoms with Crippen LogP contribution in [-0.4, -0.2) is 17.6 Å². The Morgan fingerprint density at radius 3 is 2.71 bits per heavy atom. The molecule has 1 saturated carbocycles. The van der Waals surface area contributed by atoms with E-state index in [0.717, 1.165) is 21.3 Å². The highest BCUT2D eigenvalue weighted by atomic mass is 79.9. The third kappa shape index (κ3) is 2.11. The van der Waals surface area contributed by atoms with E-state index >= 15 is 0 Å². The van der Waals surface area contributed by atoms with Crippen molar-refractivity contribution in [2.24, 2.45) is 0 Å². The molecule has 2 rings (SSSR count). The van der Waals surface area contributed by atoms with Crippen LogP contribution < -0.4 is 4.90 Å². The van der Waals surface area contributed by atoms with Crippen LogP contribution >= 0.6 is 31.9 Å². The van der Waals surface area contributed by atoms with Gasteiger partial charge in [-0.25, -0.2) is 4.98 Å². The molecule has 1 heterocycles. The van der Waals surface area contributed by atoms with Gasteiger partial charge in [-0.2, -0.15) is 0 Å². The topological polar surface area (TPSA) is 16.1 Å². The fourth-order valence-electron chi connectivity index (χ4n) is 1.59. The Morgan fingerprint density at radius 2 is 2.21 bits per heavy atom. The largest absolute Gasteiger partial charge is 0.353 e. The van der Waals surface area contributed by atoms with Crippen LogP contribution in [0.15, 0.2) is 21.2 Å². The van der Waals surface area contributed by atoms with Crippen LogP contribution in [0.5, 0.6) is 0 Å². The lowest BCUT2D eigenvalue weighted by atomic mass is 10.4. The van der Waals surface area contributed by atoms with Crippen molar-refractivity contribution in [3.05, 3.63) is 21.2 Å². The Bertz CT molecular complexity index is 337. The summed E-state index contributed by atoms with van der Waals surface area (Å²) in [6, 6.07) is 2.76. The Morgan fingerprint density at radius 1 is 1.50 bits per heavy atom. The molecule has 1 aliphatic rings. The molecule has 14 heavy (non-hydrogen) atoms. The van der Waals surface area contributed by atoms with E-state index in [2.05, 4.69) is 48.7 Å². The SMILES string of the molecule is CCN(c1ncc(Br)cc1Br)C1CC1. The fraction of sp³-hybridized carbons (Fsp3) is 0.500. The number of hydrogen-bond acceptors (Lipinski definition) is 2. The second-order valence-corrected chi connectivity index (χ2v) is 5.25. The van der Waals surface area contributed by atoms with E-state index in [4.69, 9.17) is 0 Å². The summed E-state index contributed by atoms with van der Waals surface area (Å²) >= 11 is 6.96. The summed E-state index contributed by atoms with van der Waals surface area (Å²) in [6.07, 6.45) is 4.46. The number of aromatic nitrogens is 1. The fourth-order valence-corrected chi connectivity index (χ4v) is 2.80. The molecule has 2 nitrogen and oxygen atoms in total. The van der Waals surface area contributed by atoms with E-state index in [-0.39, 0.29) is 0 Å². The smallest absolute Gasteiger partial charge is 0.143 e. The number of rotatable bonds is 3. The van der Waals surface area contributed by atoms with E-state index in [1.165, 1.54) is 12.8 Å². The molecule has 0 atom stereocenters.